The molecule has 1 saturated heterocycles. The summed E-state index contributed by atoms with van der Waals surface area (Å²) in [6, 6.07) is 3.06. The molecule has 1 aromatic carbocycles. The summed E-state index contributed by atoms with van der Waals surface area (Å²) >= 11 is 12.2. The number of amides is 2. The minimum absolute atomic E-state index is 0.228. The van der Waals surface area contributed by atoms with E-state index in [0.717, 1.165) is 6.42 Å². The zero-order valence-electron chi connectivity index (χ0n) is 10.8. The highest BCUT2D eigenvalue weighted by Crippen LogP contribution is 2.34. The molecule has 2 amide bonds. The van der Waals surface area contributed by atoms with Crippen molar-refractivity contribution in [2.24, 2.45) is 0 Å². The van der Waals surface area contributed by atoms with Crippen LogP contribution in [0.15, 0.2) is 12.1 Å². The molecule has 5 nitrogen and oxygen atoms in total. The first-order chi connectivity index (χ1) is 9.47. The number of hydrogen-bond acceptors (Lipinski definition) is 3. The Labute approximate surface area is 126 Å². The first-order valence-electron chi connectivity index (χ1n) is 6.16. The number of rotatable bonds is 3. The maximum Gasteiger partial charge on any atom is 0.253 e. The molecule has 20 heavy (non-hydrogen) atoms. The Morgan fingerprint density at radius 2 is 1.90 bits per heavy atom. The second-order valence-corrected chi connectivity index (χ2v) is 5.30. The number of carbonyl (C=O) groups is 2. The SMILES string of the molecule is CC(=O)Nc1cc(Cl)c(NC(=O)C2CCCO2)c(Cl)c1. The molecule has 1 unspecified atom stereocenters. The summed E-state index contributed by atoms with van der Waals surface area (Å²) in [6.45, 7) is 1.97. The van der Waals surface area contributed by atoms with Crippen LogP contribution >= 0.6 is 23.2 Å². The number of benzene rings is 1. The summed E-state index contributed by atoms with van der Waals surface area (Å²) < 4.78 is 5.29. The van der Waals surface area contributed by atoms with Gasteiger partial charge in [-0.2, -0.15) is 0 Å². The predicted molar refractivity (Wildman–Crippen MR) is 78.4 cm³/mol. The summed E-state index contributed by atoms with van der Waals surface area (Å²) in [5, 5.41) is 5.75. The lowest BCUT2D eigenvalue weighted by Crippen LogP contribution is -2.27. The molecule has 0 radical (unpaired) electrons. The van der Waals surface area contributed by atoms with Crippen molar-refractivity contribution in [1.29, 1.82) is 0 Å². The van der Waals surface area contributed by atoms with Crippen LogP contribution in [0.5, 0.6) is 0 Å². The Morgan fingerprint density at radius 1 is 1.25 bits per heavy atom. The van der Waals surface area contributed by atoms with Gasteiger partial charge in [-0.15, -0.1) is 0 Å². The number of carbonyl (C=O) groups excluding carboxylic acids is 2. The van der Waals surface area contributed by atoms with Crippen LogP contribution in [0.4, 0.5) is 11.4 Å². The lowest BCUT2D eigenvalue weighted by atomic mass is 10.2. The molecule has 108 valence electrons. The fraction of sp³-hybridized carbons (Fsp3) is 0.385. The Bertz CT molecular complexity index is 519. The summed E-state index contributed by atoms with van der Waals surface area (Å²) in [6.07, 6.45) is 1.09. The van der Waals surface area contributed by atoms with Crippen LogP contribution in [-0.2, 0) is 14.3 Å². The minimum atomic E-state index is -0.461. The van der Waals surface area contributed by atoms with Gasteiger partial charge in [0, 0.05) is 19.2 Å². The van der Waals surface area contributed by atoms with E-state index in [9.17, 15) is 9.59 Å². The minimum Gasteiger partial charge on any atom is -0.368 e. The van der Waals surface area contributed by atoms with Gasteiger partial charge in [0.15, 0.2) is 0 Å². The number of hydrogen-bond donors (Lipinski definition) is 2. The van der Waals surface area contributed by atoms with E-state index in [0.29, 0.717) is 24.4 Å². The third-order valence-corrected chi connectivity index (χ3v) is 3.43. The third-order valence-electron chi connectivity index (χ3n) is 2.83. The van der Waals surface area contributed by atoms with E-state index >= 15 is 0 Å². The van der Waals surface area contributed by atoms with Crippen molar-refractivity contribution in [1.82, 2.24) is 0 Å². The monoisotopic (exact) mass is 316 g/mol. The second-order valence-electron chi connectivity index (χ2n) is 4.49. The topological polar surface area (TPSA) is 67.4 Å². The predicted octanol–water partition coefficient (Wildman–Crippen LogP) is 3.07. The van der Waals surface area contributed by atoms with Gasteiger partial charge in [-0.3, -0.25) is 9.59 Å². The number of halogens is 2. The average Bonchev–Trinajstić information content (AvgIpc) is 2.86. The molecule has 7 heteroatoms. The molecule has 2 rings (SSSR count). The van der Waals surface area contributed by atoms with Crippen molar-refractivity contribution in [2.75, 3.05) is 17.2 Å². The lowest BCUT2D eigenvalue weighted by molar-refractivity contribution is -0.124. The first kappa shape index (κ1) is 15.1. The van der Waals surface area contributed by atoms with Crippen LogP contribution < -0.4 is 10.6 Å². The highest BCUT2D eigenvalue weighted by Gasteiger charge is 2.24. The zero-order valence-corrected chi connectivity index (χ0v) is 12.3. The smallest absolute Gasteiger partial charge is 0.253 e. The standard InChI is InChI=1S/C13H14Cl2N2O3/c1-7(18)16-8-5-9(14)12(10(15)6-8)17-13(19)11-3-2-4-20-11/h5-6,11H,2-4H2,1H3,(H,16,18)(H,17,19). The molecule has 1 heterocycles. The molecule has 0 bridgehead atoms. The molecule has 1 aliphatic heterocycles. The molecule has 0 aliphatic carbocycles. The van der Waals surface area contributed by atoms with Gasteiger partial charge in [-0.05, 0) is 25.0 Å². The fourth-order valence-electron chi connectivity index (χ4n) is 1.96. The summed E-state index contributed by atoms with van der Waals surface area (Å²) in [5.41, 5.74) is 0.797. The molecule has 1 aromatic rings. The van der Waals surface area contributed by atoms with E-state index in [1.165, 1.54) is 19.1 Å². The Balaban J connectivity index is 2.15. The Kier molecular flexibility index (Phi) is 4.86. The van der Waals surface area contributed by atoms with Gasteiger partial charge < -0.3 is 15.4 Å². The van der Waals surface area contributed by atoms with Crippen molar-refractivity contribution < 1.29 is 14.3 Å². The second kappa shape index (κ2) is 6.43. The molecule has 0 saturated carbocycles. The van der Waals surface area contributed by atoms with E-state index in [2.05, 4.69) is 10.6 Å². The first-order valence-corrected chi connectivity index (χ1v) is 6.92. The van der Waals surface area contributed by atoms with Crippen molar-refractivity contribution in [3.63, 3.8) is 0 Å². The van der Waals surface area contributed by atoms with Gasteiger partial charge in [-0.1, -0.05) is 23.2 Å². The zero-order chi connectivity index (χ0) is 14.7. The molecule has 1 atom stereocenters. The van der Waals surface area contributed by atoms with Gasteiger partial charge in [0.05, 0.1) is 15.7 Å². The number of anilines is 2. The van der Waals surface area contributed by atoms with Crippen molar-refractivity contribution in [2.45, 2.75) is 25.9 Å². The average molecular weight is 317 g/mol. The number of ether oxygens (including phenoxy) is 1. The van der Waals surface area contributed by atoms with E-state index in [1.54, 1.807) is 0 Å². The molecule has 1 fully saturated rings. The van der Waals surface area contributed by atoms with E-state index in [-0.39, 0.29) is 21.9 Å². The molecule has 0 aromatic heterocycles. The van der Waals surface area contributed by atoms with Gasteiger partial charge in [-0.25, -0.2) is 0 Å². The van der Waals surface area contributed by atoms with E-state index in [1.807, 2.05) is 0 Å². The van der Waals surface area contributed by atoms with Crippen LogP contribution in [-0.4, -0.2) is 24.5 Å². The van der Waals surface area contributed by atoms with Crippen LogP contribution in [0.1, 0.15) is 19.8 Å². The maximum atomic E-state index is 12.0. The van der Waals surface area contributed by atoms with Crippen LogP contribution in [0.25, 0.3) is 0 Å². The molecular formula is C13H14Cl2N2O3. The maximum absolute atomic E-state index is 12.0. The quantitative estimate of drug-likeness (QED) is 0.900. The Morgan fingerprint density at radius 3 is 2.40 bits per heavy atom. The highest BCUT2D eigenvalue weighted by atomic mass is 35.5. The van der Waals surface area contributed by atoms with E-state index < -0.39 is 6.10 Å². The van der Waals surface area contributed by atoms with E-state index in [4.69, 9.17) is 27.9 Å². The van der Waals surface area contributed by atoms with Gasteiger partial charge in [0.2, 0.25) is 5.91 Å². The molecular weight excluding hydrogens is 303 g/mol. The number of nitrogens with one attached hydrogen (secondary N) is 2. The summed E-state index contributed by atoms with van der Waals surface area (Å²) in [7, 11) is 0. The summed E-state index contributed by atoms with van der Waals surface area (Å²) in [5.74, 6) is -0.494. The lowest BCUT2D eigenvalue weighted by Gasteiger charge is -2.14. The van der Waals surface area contributed by atoms with Crippen molar-refractivity contribution in [3.8, 4) is 0 Å². The molecule has 0 spiro atoms. The van der Waals surface area contributed by atoms with Crippen LogP contribution in [0.2, 0.25) is 10.0 Å². The van der Waals surface area contributed by atoms with Crippen LogP contribution in [0, 0.1) is 0 Å². The largest absolute Gasteiger partial charge is 0.368 e. The fourth-order valence-corrected chi connectivity index (χ4v) is 2.54. The normalized spacial score (nSPS) is 17.9. The van der Waals surface area contributed by atoms with Crippen molar-refractivity contribution in [3.05, 3.63) is 22.2 Å². The molecule has 1 aliphatic rings. The highest BCUT2D eigenvalue weighted by molar-refractivity contribution is 6.40. The molecule has 2 N–H and O–H groups in total. The van der Waals surface area contributed by atoms with Gasteiger partial charge in [0.1, 0.15) is 6.10 Å². The van der Waals surface area contributed by atoms with Gasteiger partial charge in [0.25, 0.3) is 5.91 Å². The van der Waals surface area contributed by atoms with Crippen LogP contribution in [0.3, 0.4) is 0 Å². The Hall–Kier alpha value is -1.30. The third kappa shape index (κ3) is 3.62. The van der Waals surface area contributed by atoms with Crippen molar-refractivity contribution >= 4 is 46.4 Å². The van der Waals surface area contributed by atoms with Gasteiger partial charge >= 0.3 is 0 Å². The summed E-state index contributed by atoms with van der Waals surface area (Å²) in [4.78, 5) is 22.9.